The number of benzene rings is 2. The van der Waals surface area contributed by atoms with Crippen molar-refractivity contribution in [1.82, 2.24) is 18.6 Å². The van der Waals surface area contributed by atoms with E-state index in [9.17, 15) is 16.8 Å². The first-order valence-corrected chi connectivity index (χ1v) is 22.0. The molecule has 300 valence electrons. The molecule has 2 atom stereocenters. The molecular formula is C40H48N4O10S2. The summed E-state index contributed by atoms with van der Waals surface area (Å²) in [6.45, 7) is 2.14. The molecule has 2 saturated heterocycles. The Morgan fingerprint density at radius 2 is 0.911 bits per heavy atom. The Balaban J connectivity index is 1.03. The molecule has 5 heterocycles. The van der Waals surface area contributed by atoms with Crippen LogP contribution < -0.4 is 18.9 Å². The normalized spacial score (nSPS) is 21.4. The summed E-state index contributed by atoms with van der Waals surface area (Å²) in [5.74, 6) is 1.30. The van der Waals surface area contributed by atoms with Gasteiger partial charge in [-0.1, -0.05) is 25.0 Å². The number of nitrogens with zero attached hydrogens (tertiary/aromatic N) is 4. The summed E-state index contributed by atoms with van der Waals surface area (Å²) in [6.07, 6.45) is 11.6. The number of hydrogen-bond donors (Lipinski definition) is 0. The summed E-state index contributed by atoms with van der Waals surface area (Å²) >= 11 is 0. The SMILES string of the molecule is O=S(=O)(c1ccc2c(c1)OCCOCCOc1cc(S(=O)(=O)N3CCCCC3c3cccnc3)ccc1OCCOCCO2)N1CCCCC1c1cccnc1. The molecule has 0 amide bonds. The number of piperidine rings is 2. The van der Waals surface area contributed by atoms with Crippen molar-refractivity contribution >= 4 is 20.0 Å². The third kappa shape index (κ3) is 9.44. The molecule has 0 spiro atoms. The van der Waals surface area contributed by atoms with Gasteiger partial charge < -0.3 is 28.4 Å². The van der Waals surface area contributed by atoms with Gasteiger partial charge in [-0.05, 0) is 73.2 Å². The van der Waals surface area contributed by atoms with Crippen molar-refractivity contribution in [3.8, 4) is 23.0 Å². The Morgan fingerprint density at radius 1 is 0.500 bits per heavy atom. The monoisotopic (exact) mass is 808 g/mol. The van der Waals surface area contributed by atoms with E-state index in [1.807, 2.05) is 24.3 Å². The van der Waals surface area contributed by atoms with Crippen LogP contribution in [0.4, 0.5) is 0 Å². The molecule has 7 rings (SSSR count). The van der Waals surface area contributed by atoms with Crippen LogP contribution >= 0.6 is 0 Å². The minimum Gasteiger partial charge on any atom is -0.487 e. The maximum absolute atomic E-state index is 14.1. The average Bonchev–Trinajstić information content (AvgIpc) is 3.23. The number of pyridine rings is 2. The molecule has 4 aromatic rings. The van der Waals surface area contributed by atoms with E-state index in [0.29, 0.717) is 37.4 Å². The van der Waals surface area contributed by atoms with E-state index >= 15 is 0 Å². The molecular weight excluding hydrogens is 761 g/mol. The van der Waals surface area contributed by atoms with Gasteiger partial charge in [0.05, 0.1) is 48.3 Å². The molecule has 2 unspecified atom stereocenters. The molecule has 0 saturated carbocycles. The van der Waals surface area contributed by atoms with Gasteiger partial charge in [0.15, 0.2) is 23.0 Å². The number of sulfonamides is 2. The Morgan fingerprint density at radius 3 is 1.30 bits per heavy atom. The van der Waals surface area contributed by atoms with Gasteiger partial charge in [0.25, 0.3) is 0 Å². The summed E-state index contributed by atoms with van der Waals surface area (Å²) in [6, 6.07) is 16.1. The zero-order valence-corrected chi connectivity index (χ0v) is 32.9. The molecule has 2 aromatic heterocycles. The van der Waals surface area contributed by atoms with E-state index in [4.69, 9.17) is 28.4 Å². The third-order valence-corrected chi connectivity index (χ3v) is 13.8. The fourth-order valence-electron chi connectivity index (χ4n) is 7.28. The summed E-state index contributed by atoms with van der Waals surface area (Å²) < 4.78 is 95.0. The van der Waals surface area contributed by atoms with E-state index in [-0.39, 0.29) is 86.2 Å². The Bertz CT molecular complexity index is 1960. The van der Waals surface area contributed by atoms with E-state index in [1.165, 1.54) is 12.1 Å². The maximum Gasteiger partial charge on any atom is 0.243 e. The first-order chi connectivity index (χ1) is 27.3. The van der Waals surface area contributed by atoms with Crippen LogP contribution in [0.1, 0.15) is 61.7 Å². The fourth-order valence-corrected chi connectivity index (χ4v) is 10.7. The van der Waals surface area contributed by atoms with Gasteiger partial charge in [-0.15, -0.1) is 0 Å². The van der Waals surface area contributed by atoms with Crippen molar-refractivity contribution in [3.63, 3.8) is 0 Å². The van der Waals surface area contributed by atoms with Crippen LogP contribution in [0.5, 0.6) is 23.0 Å². The second-order valence-corrected chi connectivity index (χ2v) is 17.4. The largest absolute Gasteiger partial charge is 0.487 e. The van der Waals surface area contributed by atoms with Crippen molar-refractivity contribution in [2.24, 2.45) is 0 Å². The van der Waals surface area contributed by atoms with Crippen molar-refractivity contribution in [2.45, 2.75) is 60.4 Å². The average molecular weight is 809 g/mol. The van der Waals surface area contributed by atoms with Crippen LogP contribution in [0.2, 0.25) is 0 Å². The number of aromatic nitrogens is 2. The number of rotatable bonds is 6. The van der Waals surface area contributed by atoms with Crippen LogP contribution in [0.3, 0.4) is 0 Å². The van der Waals surface area contributed by atoms with Crippen LogP contribution in [0.25, 0.3) is 0 Å². The summed E-state index contributed by atoms with van der Waals surface area (Å²) in [5.41, 5.74) is 1.72. The number of fused-ring (bicyclic) bond motifs is 2. The van der Waals surface area contributed by atoms with Crippen LogP contribution in [-0.4, -0.2) is 101 Å². The second-order valence-electron chi connectivity index (χ2n) is 13.7. The minimum atomic E-state index is -3.89. The number of hydrogen-bond acceptors (Lipinski definition) is 12. The standard InChI is InChI=1S/C40H48N4O10S2/c45-55(46,43-17-3-1-9-35(43)31-7-5-15-41-29-31)33-11-13-37-39(27-33)53-25-21-50-22-26-54-40-28-34(12-14-38(40)52-24-20-49-19-23-51-37)56(47,48)44-18-4-2-10-36(44)32-8-6-16-42-30-32/h5-8,11-16,27-30,35-36H,1-4,9-10,17-26H2. The predicted octanol–water partition coefficient (Wildman–Crippen LogP) is 5.57. The summed E-state index contributed by atoms with van der Waals surface area (Å²) in [5, 5.41) is 0. The highest BCUT2D eigenvalue weighted by Crippen LogP contribution is 2.39. The minimum absolute atomic E-state index is 0.105. The van der Waals surface area contributed by atoms with Crippen molar-refractivity contribution < 1.29 is 45.3 Å². The smallest absolute Gasteiger partial charge is 0.243 e. The predicted molar refractivity (Wildman–Crippen MR) is 206 cm³/mol. The second kappa shape index (κ2) is 18.7. The fraction of sp³-hybridized carbons (Fsp3) is 0.450. The zero-order chi connectivity index (χ0) is 38.8. The summed E-state index contributed by atoms with van der Waals surface area (Å²) in [7, 11) is -7.78. The highest BCUT2D eigenvalue weighted by atomic mass is 32.2. The first kappa shape index (κ1) is 39.9. The third-order valence-electron chi connectivity index (χ3n) is 10.0. The molecule has 3 aliphatic heterocycles. The van der Waals surface area contributed by atoms with Crippen molar-refractivity contribution in [1.29, 1.82) is 0 Å². The Kier molecular flexibility index (Phi) is 13.4. The van der Waals surface area contributed by atoms with E-state index in [2.05, 4.69) is 9.97 Å². The van der Waals surface area contributed by atoms with E-state index in [1.54, 1.807) is 57.7 Å². The molecule has 0 N–H and O–H groups in total. The molecule has 0 bridgehead atoms. The lowest BCUT2D eigenvalue weighted by Gasteiger charge is -2.35. The van der Waals surface area contributed by atoms with Gasteiger partial charge >= 0.3 is 0 Å². The Hall–Kier alpha value is -4.32. The van der Waals surface area contributed by atoms with E-state index < -0.39 is 20.0 Å². The lowest BCUT2D eigenvalue weighted by molar-refractivity contribution is 0.0639. The highest BCUT2D eigenvalue weighted by Gasteiger charge is 2.36. The molecule has 3 aliphatic rings. The van der Waals surface area contributed by atoms with Crippen molar-refractivity contribution in [3.05, 3.63) is 96.6 Å². The maximum atomic E-state index is 14.1. The molecule has 2 aromatic carbocycles. The van der Waals surface area contributed by atoms with Crippen LogP contribution in [0, 0.1) is 0 Å². The van der Waals surface area contributed by atoms with Crippen LogP contribution in [-0.2, 0) is 29.5 Å². The van der Waals surface area contributed by atoms with E-state index in [0.717, 1.165) is 36.8 Å². The molecule has 14 nitrogen and oxygen atoms in total. The molecule has 0 radical (unpaired) electrons. The van der Waals surface area contributed by atoms with Crippen molar-refractivity contribution in [2.75, 3.05) is 65.9 Å². The molecule has 56 heavy (non-hydrogen) atoms. The highest BCUT2D eigenvalue weighted by molar-refractivity contribution is 7.89. The molecule has 2 fully saturated rings. The lowest BCUT2D eigenvalue weighted by Crippen LogP contribution is -2.38. The number of ether oxygens (including phenoxy) is 6. The van der Waals surface area contributed by atoms with Gasteiger partial charge in [-0.3, -0.25) is 9.97 Å². The van der Waals surface area contributed by atoms with Crippen LogP contribution in [0.15, 0.2) is 95.2 Å². The molecule has 16 heteroatoms. The van der Waals surface area contributed by atoms with Gasteiger partial charge in [-0.25, -0.2) is 16.8 Å². The van der Waals surface area contributed by atoms with Gasteiger partial charge in [-0.2, -0.15) is 8.61 Å². The quantitative estimate of drug-likeness (QED) is 0.239. The lowest BCUT2D eigenvalue weighted by atomic mass is 9.99. The topological polar surface area (TPSA) is 156 Å². The van der Waals surface area contributed by atoms with Gasteiger partial charge in [0, 0.05) is 50.0 Å². The Labute approximate surface area is 328 Å². The van der Waals surface area contributed by atoms with Gasteiger partial charge in [0.1, 0.15) is 26.4 Å². The summed E-state index contributed by atoms with van der Waals surface area (Å²) in [4.78, 5) is 8.65. The first-order valence-electron chi connectivity index (χ1n) is 19.1. The zero-order valence-electron chi connectivity index (χ0n) is 31.2. The molecule has 0 aliphatic carbocycles. The van der Waals surface area contributed by atoms with Gasteiger partial charge in [0.2, 0.25) is 20.0 Å².